The van der Waals surface area contributed by atoms with Crippen LogP contribution in [0.2, 0.25) is 0 Å². The molecule has 0 aliphatic rings. The largest absolute Gasteiger partial charge is 0.412 e. The average molecular weight is 293 g/mol. The number of rotatable bonds is 1. The third-order valence-electron chi connectivity index (χ3n) is 1.59. The van der Waals surface area contributed by atoms with Gasteiger partial charge >= 0.3 is 0 Å². The maximum atomic E-state index is 4.19. The maximum Gasteiger partial charge on any atom is 0.0886 e. The van der Waals surface area contributed by atoms with Gasteiger partial charge in [0.1, 0.15) is 0 Å². The summed E-state index contributed by atoms with van der Waals surface area (Å²) in [6.45, 7) is 0. The summed E-state index contributed by atoms with van der Waals surface area (Å²) in [5, 5.41) is 0. The molecule has 2 aromatic heterocycles. The van der Waals surface area contributed by atoms with E-state index in [1.54, 1.807) is 12.4 Å². The van der Waals surface area contributed by atoms with E-state index in [0.29, 0.717) is 0 Å². The van der Waals surface area contributed by atoms with Crippen LogP contribution in [0.5, 0.6) is 0 Å². The Morgan fingerprint density at radius 1 is 0.667 bits per heavy atom. The topological polar surface area (TPSA) is 88.8 Å². The first-order valence-electron chi connectivity index (χ1n) is 3.79. The van der Waals surface area contributed by atoms with Crippen molar-refractivity contribution in [3.63, 3.8) is 0 Å². The van der Waals surface area contributed by atoms with Gasteiger partial charge in [0.15, 0.2) is 0 Å². The SMILES string of the molecule is O.O.[Ru].c1ccc(-c2ccccn2)nc1. The zero-order chi connectivity index (χ0) is 8.23. The molecule has 4 N–H and O–H groups in total. The quantitative estimate of drug-likeness (QED) is 0.716. The molecule has 0 aromatic carbocycles. The van der Waals surface area contributed by atoms with Crippen molar-refractivity contribution >= 4 is 0 Å². The van der Waals surface area contributed by atoms with Crippen molar-refractivity contribution in [2.24, 2.45) is 0 Å². The maximum absolute atomic E-state index is 4.19. The van der Waals surface area contributed by atoms with E-state index in [1.165, 1.54) is 0 Å². The Balaban J connectivity index is 0. The van der Waals surface area contributed by atoms with E-state index in [0.717, 1.165) is 11.4 Å². The number of nitrogens with zero attached hydrogens (tertiary/aromatic N) is 2. The van der Waals surface area contributed by atoms with Crippen molar-refractivity contribution in [2.45, 2.75) is 0 Å². The monoisotopic (exact) mass is 294 g/mol. The van der Waals surface area contributed by atoms with Crippen molar-refractivity contribution < 1.29 is 30.4 Å². The summed E-state index contributed by atoms with van der Waals surface area (Å²) in [4.78, 5) is 8.37. The molecule has 2 aromatic rings. The van der Waals surface area contributed by atoms with Crippen LogP contribution in [0.4, 0.5) is 0 Å². The molecule has 0 aliphatic heterocycles. The number of hydrogen-bond acceptors (Lipinski definition) is 2. The van der Waals surface area contributed by atoms with Gasteiger partial charge in [-0.15, -0.1) is 0 Å². The molecule has 2 heterocycles. The summed E-state index contributed by atoms with van der Waals surface area (Å²) < 4.78 is 0. The second-order valence-electron chi connectivity index (χ2n) is 2.43. The fraction of sp³-hybridized carbons (Fsp3) is 0. The Morgan fingerprint density at radius 3 is 1.33 bits per heavy atom. The molecule has 0 bridgehead atoms. The van der Waals surface area contributed by atoms with Crippen molar-refractivity contribution in [2.75, 3.05) is 0 Å². The van der Waals surface area contributed by atoms with Gasteiger partial charge in [0, 0.05) is 31.9 Å². The van der Waals surface area contributed by atoms with Crippen LogP contribution in [0.3, 0.4) is 0 Å². The third-order valence-corrected chi connectivity index (χ3v) is 1.59. The van der Waals surface area contributed by atoms with E-state index in [-0.39, 0.29) is 30.4 Å². The molecule has 0 amide bonds. The van der Waals surface area contributed by atoms with Crippen LogP contribution < -0.4 is 0 Å². The van der Waals surface area contributed by atoms with Crippen LogP contribution in [-0.2, 0) is 19.5 Å². The van der Waals surface area contributed by atoms with E-state index in [1.807, 2.05) is 36.4 Å². The summed E-state index contributed by atoms with van der Waals surface area (Å²) in [5.41, 5.74) is 1.83. The van der Waals surface area contributed by atoms with E-state index < -0.39 is 0 Å². The molecule has 2 rings (SSSR count). The smallest absolute Gasteiger partial charge is 0.0886 e. The number of aromatic nitrogens is 2. The Bertz CT molecular complexity index is 319. The van der Waals surface area contributed by atoms with Crippen molar-refractivity contribution in [3.05, 3.63) is 48.8 Å². The Morgan fingerprint density at radius 2 is 1.07 bits per heavy atom. The summed E-state index contributed by atoms with van der Waals surface area (Å²) in [6, 6.07) is 11.6. The first-order valence-corrected chi connectivity index (χ1v) is 3.79. The van der Waals surface area contributed by atoms with E-state index in [2.05, 4.69) is 9.97 Å². The normalized spacial score (nSPS) is 7.73. The molecule has 5 heteroatoms. The van der Waals surface area contributed by atoms with Crippen LogP contribution in [0.15, 0.2) is 48.8 Å². The zero-order valence-corrected chi connectivity index (χ0v) is 9.60. The van der Waals surface area contributed by atoms with Gasteiger partial charge in [0.2, 0.25) is 0 Å². The molecule has 0 radical (unpaired) electrons. The molecule has 4 nitrogen and oxygen atoms in total. The second-order valence-corrected chi connectivity index (χ2v) is 2.43. The van der Waals surface area contributed by atoms with Gasteiger partial charge in [-0.25, -0.2) is 0 Å². The van der Waals surface area contributed by atoms with E-state index in [9.17, 15) is 0 Å². The van der Waals surface area contributed by atoms with Gasteiger partial charge in [-0.3, -0.25) is 9.97 Å². The minimum Gasteiger partial charge on any atom is -0.412 e. The van der Waals surface area contributed by atoms with Crippen LogP contribution >= 0.6 is 0 Å². The molecule has 0 unspecified atom stereocenters. The molecule has 82 valence electrons. The van der Waals surface area contributed by atoms with Crippen LogP contribution in [-0.4, -0.2) is 20.9 Å². The minimum absolute atomic E-state index is 0. The summed E-state index contributed by atoms with van der Waals surface area (Å²) in [5.74, 6) is 0. The van der Waals surface area contributed by atoms with Crippen molar-refractivity contribution in [1.82, 2.24) is 9.97 Å². The zero-order valence-electron chi connectivity index (χ0n) is 7.87. The molecule has 0 saturated heterocycles. The van der Waals surface area contributed by atoms with E-state index in [4.69, 9.17) is 0 Å². The molecule has 0 aliphatic carbocycles. The molecular weight excluding hydrogens is 281 g/mol. The molecule has 0 fully saturated rings. The Labute approximate surface area is 101 Å². The minimum atomic E-state index is 0. The Kier molecular flexibility index (Phi) is 8.87. The fourth-order valence-corrected chi connectivity index (χ4v) is 1.03. The predicted octanol–water partition coefficient (Wildman–Crippen LogP) is 0.492. The average Bonchev–Trinajstić information content (AvgIpc) is 2.21. The van der Waals surface area contributed by atoms with Crippen molar-refractivity contribution in [3.8, 4) is 11.4 Å². The Hall–Kier alpha value is -1.16. The van der Waals surface area contributed by atoms with Crippen LogP contribution in [0.25, 0.3) is 11.4 Å². The van der Waals surface area contributed by atoms with Gasteiger partial charge in [-0.05, 0) is 24.3 Å². The molecular formula is C10H12N2O2Ru. The van der Waals surface area contributed by atoms with Crippen LogP contribution in [0, 0.1) is 0 Å². The molecule has 15 heavy (non-hydrogen) atoms. The number of pyridine rings is 2. The van der Waals surface area contributed by atoms with E-state index >= 15 is 0 Å². The second kappa shape index (κ2) is 8.18. The van der Waals surface area contributed by atoms with Crippen LogP contribution in [0.1, 0.15) is 0 Å². The van der Waals surface area contributed by atoms with Gasteiger partial charge < -0.3 is 11.0 Å². The standard InChI is InChI=1S/C10H8N2.2H2O.Ru/c1-3-7-11-9(5-1)10-6-2-4-8-12-10;;;/h1-8H;2*1H2;. The van der Waals surface area contributed by atoms with Gasteiger partial charge in [-0.1, -0.05) is 12.1 Å². The van der Waals surface area contributed by atoms with Crippen molar-refractivity contribution in [1.29, 1.82) is 0 Å². The first-order chi connectivity index (χ1) is 5.97. The van der Waals surface area contributed by atoms with Gasteiger partial charge in [-0.2, -0.15) is 0 Å². The predicted molar refractivity (Wildman–Crippen MR) is 54.7 cm³/mol. The molecule has 0 atom stereocenters. The van der Waals surface area contributed by atoms with Gasteiger partial charge in [0.25, 0.3) is 0 Å². The van der Waals surface area contributed by atoms with Gasteiger partial charge in [0.05, 0.1) is 11.4 Å². The fourth-order valence-electron chi connectivity index (χ4n) is 1.03. The number of hydrogen-bond donors (Lipinski definition) is 0. The summed E-state index contributed by atoms with van der Waals surface area (Å²) in [7, 11) is 0. The first kappa shape index (κ1) is 16.3. The third kappa shape index (κ3) is 4.25. The summed E-state index contributed by atoms with van der Waals surface area (Å²) in [6.07, 6.45) is 3.54. The molecule has 0 spiro atoms. The molecule has 0 saturated carbocycles. The summed E-state index contributed by atoms with van der Waals surface area (Å²) >= 11 is 0.